The van der Waals surface area contributed by atoms with Crippen molar-refractivity contribution in [2.45, 2.75) is 38.9 Å². The normalized spacial score (nSPS) is 17.6. The van der Waals surface area contributed by atoms with Crippen LogP contribution in [0, 0.1) is 0 Å². The van der Waals surface area contributed by atoms with Gasteiger partial charge in [0, 0.05) is 50.9 Å². The van der Waals surface area contributed by atoms with Crippen LogP contribution in [-0.2, 0) is 19.5 Å². The van der Waals surface area contributed by atoms with E-state index in [1.54, 1.807) is 13.2 Å². The monoisotopic (exact) mass is 409 g/mol. The van der Waals surface area contributed by atoms with Gasteiger partial charge in [0.15, 0.2) is 11.5 Å². The van der Waals surface area contributed by atoms with Crippen LogP contribution in [0.25, 0.3) is 0 Å². The topological polar surface area (TPSA) is 65.0 Å². The Morgan fingerprint density at radius 3 is 2.77 bits per heavy atom. The molecule has 1 unspecified atom stereocenters. The number of nitrogens with zero attached hydrogens (tertiary/aromatic N) is 2. The maximum atomic E-state index is 13.1. The van der Waals surface area contributed by atoms with Gasteiger partial charge in [-0.05, 0) is 54.7 Å². The minimum Gasteiger partial charge on any atom is -0.504 e. The van der Waals surface area contributed by atoms with Crippen LogP contribution in [0.1, 0.15) is 40.4 Å². The van der Waals surface area contributed by atoms with Crippen molar-refractivity contribution in [3.8, 4) is 11.5 Å². The first kappa shape index (κ1) is 20.7. The molecule has 2 N–H and O–H groups in total. The molecule has 160 valence electrons. The molecular formula is C24H31N3O3. The summed E-state index contributed by atoms with van der Waals surface area (Å²) in [4.78, 5) is 17.5. The van der Waals surface area contributed by atoms with E-state index in [1.165, 1.54) is 11.1 Å². The fourth-order valence-corrected chi connectivity index (χ4v) is 4.43. The number of phenolic OH excluding ortho intramolecular Hbond substituents is 1. The minimum absolute atomic E-state index is 0.166. The van der Waals surface area contributed by atoms with Crippen LogP contribution in [0.15, 0.2) is 36.4 Å². The van der Waals surface area contributed by atoms with E-state index in [-0.39, 0.29) is 11.7 Å². The van der Waals surface area contributed by atoms with E-state index in [4.69, 9.17) is 4.74 Å². The fraction of sp³-hybridized carbons (Fsp3) is 0.458. The number of piperazine rings is 1. The number of hydrogen-bond acceptors (Lipinski definition) is 5. The van der Waals surface area contributed by atoms with Gasteiger partial charge >= 0.3 is 0 Å². The number of aromatic hydroxyl groups is 1. The van der Waals surface area contributed by atoms with E-state index in [2.05, 4.69) is 23.2 Å². The number of fused-ring (bicyclic) bond motifs is 1. The first-order valence-electron chi connectivity index (χ1n) is 10.8. The van der Waals surface area contributed by atoms with E-state index in [1.807, 2.05) is 29.2 Å². The number of hydrogen-bond donors (Lipinski definition) is 2. The average molecular weight is 410 g/mol. The summed E-state index contributed by atoms with van der Waals surface area (Å²) in [5.74, 6) is 0.856. The van der Waals surface area contributed by atoms with Gasteiger partial charge in [0.05, 0.1) is 7.11 Å². The lowest BCUT2D eigenvalue weighted by atomic mass is 10.0. The van der Waals surface area contributed by atoms with Gasteiger partial charge in [-0.15, -0.1) is 0 Å². The molecule has 1 saturated heterocycles. The molecule has 0 aliphatic carbocycles. The molecule has 1 fully saturated rings. The zero-order valence-electron chi connectivity index (χ0n) is 17.9. The van der Waals surface area contributed by atoms with Gasteiger partial charge < -0.3 is 20.1 Å². The van der Waals surface area contributed by atoms with Crippen molar-refractivity contribution in [2.75, 3.05) is 33.3 Å². The van der Waals surface area contributed by atoms with Crippen molar-refractivity contribution in [2.24, 2.45) is 0 Å². The molecule has 2 aromatic rings. The van der Waals surface area contributed by atoms with E-state index >= 15 is 0 Å². The van der Waals surface area contributed by atoms with E-state index in [9.17, 15) is 9.90 Å². The zero-order chi connectivity index (χ0) is 21.1. The number of carbonyl (C=O) groups is 1. The Morgan fingerprint density at radius 2 is 2.00 bits per heavy atom. The second-order valence-corrected chi connectivity index (χ2v) is 8.28. The van der Waals surface area contributed by atoms with Gasteiger partial charge in [-0.2, -0.15) is 0 Å². The maximum absolute atomic E-state index is 13.1. The highest BCUT2D eigenvalue weighted by molar-refractivity contribution is 5.96. The average Bonchev–Trinajstić information content (AvgIpc) is 3.23. The van der Waals surface area contributed by atoms with Gasteiger partial charge in [0.25, 0.3) is 5.91 Å². The van der Waals surface area contributed by atoms with E-state index in [0.717, 1.165) is 63.2 Å². The number of phenols is 1. The summed E-state index contributed by atoms with van der Waals surface area (Å²) < 4.78 is 5.22. The summed E-state index contributed by atoms with van der Waals surface area (Å²) in [7, 11) is 1.57. The predicted molar refractivity (Wildman–Crippen MR) is 117 cm³/mol. The lowest BCUT2D eigenvalue weighted by Gasteiger charge is -2.28. The Labute approximate surface area is 178 Å². The number of nitrogens with one attached hydrogen (secondary N) is 1. The molecule has 0 radical (unpaired) electrons. The quantitative estimate of drug-likeness (QED) is 0.768. The molecule has 30 heavy (non-hydrogen) atoms. The smallest absolute Gasteiger partial charge is 0.254 e. The molecule has 1 atom stereocenters. The standard InChI is InChI=1S/C24H31N3O3/c1-17(6-7-18-8-9-22(28)23(14-18)30-2)27-15-19-4-3-5-20(21(19)16-27)24(29)26-12-10-25-11-13-26/h3-5,8-9,14,17,25,28H,6-7,10-13,15-16H2,1-2H3. The second kappa shape index (κ2) is 9.06. The Hall–Kier alpha value is -2.57. The van der Waals surface area contributed by atoms with Gasteiger partial charge in [0.1, 0.15) is 0 Å². The Morgan fingerprint density at radius 1 is 1.20 bits per heavy atom. The molecule has 2 heterocycles. The third-order valence-electron chi connectivity index (χ3n) is 6.36. The van der Waals surface area contributed by atoms with E-state index < -0.39 is 0 Å². The third kappa shape index (κ3) is 4.30. The summed E-state index contributed by atoms with van der Waals surface area (Å²) in [5, 5.41) is 13.1. The molecule has 0 bridgehead atoms. The number of benzene rings is 2. The van der Waals surface area contributed by atoms with Crippen LogP contribution in [0.2, 0.25) is 0 Å². The van der Waals surface area contributed by atoms with Gasteiger partial charge in [-0.1, -0.05) is 18.2 Å². The molecule has 6 heteroatoms. The van der Waals surface area contributed by atoms with E-state index in [0.29, 0.717) is 11.8 Å². The number of methoxy groups -OCH3 is 1. The molecule has 2 aromatic carbocycles. The summed E-state index contributed by atoms with van der Waals surface area (Å²) in [5.41, 5.74) is 4.49. The molecule has 0 aromatic heterocycles. The predicted octanol–water partition coefficient (Wildman–Crippen LogP) is 2.78. The Kier molecular flexibility index (Phi) is 6.25. The lowest BCUT2D eigenvalue weighted by molar-refractivity contribution is 0.0734. The van der Waals surface area contributed by atoms with Crippen LogP contribution >= 0.6 is 0 Å². The van der Waals surface area contributed by atoms with Crippen LogP contribution in [0.5, 0.6) is 11.5 Å². The summed E-state index contributed by atoms with van der Waals surface area (Å²) in [6, 6.07) is 12.1. The zero-order valence-corrected chi connectivity index (χ0v) is 17.9. The van der Waals surface area contributed by atoms with Crippen molar-refractivity contribution in [3.05, 3.63) is 58.7 Å². The molecule has 2 aliphatic heterocycles. The number of ether oxygens (including phenoxy) is 1. The maximum Gasteiger partial charge on any atom is 0.254 e. The summed E-state index contributed by atoms with van der Waals surface area (Å²) in [6.07, 6.45) is 1.92. The molecular weight excluding hydrogens is 378 g/mol. The number of rotatable bonds is 6. The van der Waals surface area contributed by atoms with Crippen LogP contribution in [-0.4, -0.2) is 60.1 Å². The highest BCUT2D eigenvalue weighted by atomic mass is 16.5. The molecule has 0 saturated carbocycles. The number of carbonyl (C=O) groups excluding carboxylic acids is 1. The highest BCUT2D eigenvalue weighted by Crippen LogP contribution is 2.31. The largest absolute Gasteiger partial charge is 0.504 e. The molecule has 2 aliphatic rings. The fourth-order valence-electron chi connectivity index (χ4n) is 4.43. The summed E-state index contributed by atoms with van der Waals surface area (Å²) >= 11 is 0. The first-order valence-corrected chi connectivity index (χ1v) is 10.8. The molecule has 4 rings (SSSR count). The first-order chi connectivity index (χ1) is 14.6. The number of aryl methyl sites for hydroxylation is 1. The van der Waals surface area contributed by atoms with Gasteiger partial charge in [-0.25, -0.2) is 0 Å². The van der Waals surface area contributed by atoms with Gasteiger partial charge in [-0.3, -0.25) is 9.69 Å². The van der Waals surface area contributed by atoms with Crippen molar-refractivity contribution < 1.29 is 14.6 Å². The van der Waals surface area contributed by atoms with Gasteiger partial charge in [0.2, 0.25) is 0 Å². The Balaban J connectivity index is 1.41. The van der Waals surface area contributed by atoms with Crippen molar-refractivity contribution >= 4 is 5.91 Å². The molecule has 6 nitrogen and oxygen atoms in total. The second-order valence-electron chi connectivity index (χ2n) is 8.28. The van der Waals surface area contributed by atoms with Crippen LogP contribution in [0.3, 0.4) is 0 Å². The SMILES string of the molecule is COc1cc(CCC(C)N2Cc3cccc(C(=O)N4CCNCC4)c3C2)ccc1O. The van der Waals surface area contributed by atoms with Crippen molar-refractivity contribution in [3.63, 3.8) is 0 Å². The van der Waals surface area contributed by atoms with Crippen molar-refractivity contribution in [1.29, 1.82) is 0 Å². The molecule has 0 spiro atoms. The van der Waals surface area contributed by atoms with Crippen molar-refractivity contribution in [1.82, 2.24) is 15.1 Å². The van der Waals surface area contributed by atoms with Crippen LogP contribution < -0.4 is 10.1 Å². The van der Waals surface area contributed by atoms with Crippen LogP contribution in [0.4, 0.5) is 0 Å². The minimum atomic E-state index is 0.166. The molecule has 1 amide bonds. The number of amides is 1. The Bertz CT molecular complexity index is 909. The third-order valence-corrected chi connectivity index (χ3v) is 6.36. The summed E-state index contributed by atoms with van der Waals surface area (Å²) in [6.45, 7) is 7.25. The lowest BCUT2D eigenvalue weighted by Crippen LogP contribution is -2.46. The highest BCUT2D eigenvalue weighted by Gasteiger charge is 2.29.